The number of anilines is 2. The van der Waals surface area contributed by atoms with E-state index in [9.17, 15) is 4.79 Å². The van der Waals surface area contributed by atoms with E-state index in [2.05, 4.69) is 6.07 Å². The number of aldehydes is 1. The predicted molar refractivity (Wildman–Crippen MR) is 76.1 cm³/mol. The fraction of sp³-hybridized carbons (Fsp3) is 0.0667. The summed E-state index contributed by atoms with van der Waals surface area (Å²) >= 11 is 6.16. The zero-order valence-corrected chi connectivity index (χ0v) is 11.1. The van der Waals surface area contributed by atoms with Gasteiger partial charge in [0, 0.05) is 18.3 Å². The smallest absolute Gasteiger partial charge is 0.150 e. The van der Waals surface area contributed by atoms with E-state index in [0.717, 1.165) is 17.7 Å². The molecular weight excluding hydrogens is 260 g/mol. The highest BCUT2D eigenvalue weighted by Gasteiger charge is 2.09. The Morgan fingerprint density at radius 1 is 1.26 bits per heavy atom. The summed E-state index contributed by atoms with van der Waals surface area (Å²) in [6.45, 7) is 0. The van der Waals surface area contributed by atoms with Crippen LogP contribution in [0.25, 0.3) is 0 Å². The first-order valence-corrected chi connectivity index (χ1v) is 6.02. The highest BCUT2D eigenvalue weighted by atomic mass is 35.5. The lowest BCUT2D eigenvalue weighted by Crippen LogP contribution is -2.10. The maximum absolute atomic E-state index is 10.7. The molecule has 0 bridgehead atoms. The van der Waals surface area contributed by atoms with E-state index in [1.54, 1.807) is 30.3 Å². The van der Waals surface area contributed by atoms with Crippen LogP contribution in [0, 0.1) is 11.3 Å². The van der Waals surface area contributed by atoms with Gasteiger partial charge in [0.1, 0.15) is 6.29 Å². The van der Waals surface area contributed by atoms with Crippen LogP contribution in [0.2, 0.25) is 5.02 Å². The molecule has 0 aliphatic rings. The molecule has 0 heterocycles. The third-order valence-corrected chi connectivity index (χ3v) is 3.13. The molecule has 3 nitrogen and oxygen atoms in total. The van der Waals surface area contributed by atoms with Crippen LogP contribution in [-0.4, -0.2) is 13.3 Å². The Morgan fingerprint density at radius 3 is 2.68 bits per heavy atom. The van der Waals surface area contributed by atoms with E-state index in [1.807, 2.05) is 24.1 Å². The van der Waals surface area contributed by atoms with Crippen molar-refractivity contribution < 1.29 is 4.79 Å². The van der Waals surface area contributed by atoms with Gasteiger partial charge in [-0.25, -0.2) is 0 Å². The van der Waals surface area contributed by atoms with Crippen molar-refractivity contribution in [2.24, 2.45) is 0 Å². The Morgan fingerprint density at radius 2 is 2.05 bits per heavy atom. The summed E-state index contributed by atoms with van der Waals surface area (Å²) in [7, 11) is 1.86. The van der Waals surface area contributed by atoms with Crippen LogP contribution in [0.15, 0.2) is 42.5 Å². The minimum absolute atomic E-state index is 0.495. The van der Waals surface area contributed by atoms with Crippen molar-refractivity contribution in [2.75, 3.05) is 11.9 Å². The molecule has 0 atom stereocenters. The first-order chi connectivity index (χ1) is 9.15. The van der Waals surface area contributed by atoms with Gasteiger partial charge in [0.2, 0.25) is 0 Å². The molecule has 0 aliphatic heterocycles. The van der Waals surface area contributed by atoms with Crippen LogP contribution >= 0.6 is 11.6 Å². The lowest BCUT2D eigenvalue weighted by molar-refractivity contribution is 0.112. The van der Waals surface area contributed by atoms with Gasteiger partial charge in [-0.3, -0.25) is 4.79 Å². The predicted octanol–water partition coefficient (Wildman–Crippen LogP) is 3.79. The van der Waals surface area contributed by atoms with Crippen molar-refractivity contribution in [1.82, 2.24) is 0 Å². The van der Waals surface area contributed by atoms with Crippen LogP contribution in [0.3, 0.4) is 0 Å². The van der Waals surface area contributed by atoms with Gasteiger partial charge in [-0.15, -0.1) is 0 Å². The van der Waals surface area contributed by atoms with Crippen LogP contribution in [0.5, 0.6) is 0 Å². The van der Waals surface area contributed by atoms with E-state index in [-0.39, 0.29) is 0 Å². The highest BCUT2D eigenvalue weighted by molar-refractivity contribution is 6.33. The van der Waals surface area contributed by atoms with Crippen LogP contribution < -0.4 is 4.90 Å². The van der Waals surface area contributed by atoms with Crippen molar-refractivity contribution in [2.45, 2.75) is 0 Å². The molecule has 2 aromatic rings. The van der Waals surface area contributed by atoms with Crippen molar-refractivity contribution in [3.05, 3.63) is 58.6 Å². The molecule has 4 heteroatoms. The van der Waals surface area contributed by atoms with E-state index in [4.69, 9.17) is 16.9 Å². The Bertz CT molecular complexity index is 661. The van der Waals surface area contributed by atoms with Gasteiger partial charge in [-0.1, -0.05) is 17.7 Å². The number of benzene rings is 2. The summed E-state index contributed by atoms with van der Waals surface area (Å²) in [6, 6.07) is 14.4. The Balaban J connectivity index is 2.41. The van der Waals surface area contributed by atoms with Gasteiger partial charge in [-0.2, -0.15) is 5.26 Å². The average Bonchev–Trinajstić information content (AvgIpc) is 2.46. The van der Waals surface area contributed by atoms with Gasteiger partial charge < -0.3 is 4.90 Å². The lowest BCUT2D eigenvalue weighted by Gasteiger charge is -2.21. The van der Waals surface area contributed by atoms with Crippen LogP contribution in [-0.2, 0) is 0 Å². The molecule has 0 aliphatic carbocycles. The van der Waals surface area contributed by atoms with E-state index in [0.29, 0.717) is 16.1 Å². The van der Waals surface area contributed by atoms with Gasteiger partial charge >= 0.3 is 0 Å². The normalized spacial score (nSPS) is 9.74. The first-order valence-electron chi connectivity index (χ1n) is 5.64. The second-order valence-electron chi connectivity index (χ2n) is 4.05. The molecular formula is C15H11ClN2O. The van der Waals surface area contributed by atoms with Crippen molar-refractivity contribution in [3.63, 3.8) is 0 Å². The topological polar surface area (TPSA) is 44.1 Å². The molecule has 0 N–H and O–H groups in total. The monoisotopic (exact) mass is 270 g/mol. The summed E-state index contributed by atoms with van der Waals surface area (Å²) in [5.74, 6) is 0. The second kappa shape index (κ2) is 5.55. The molecule has 94 valence electrons. The van der Waals surface area contributed by atoms with Gasteiger partial charge in [-0.05, 0) is 36.4 Å². The van der Waals surface area contributed by atoms with E-state index in [1.165, 1.54) is 0 Å². The minimum atomic E-state index is 0.495. The summed E-state index contributed by atoms with van der Waals surface area (Å²) in [4.78, 5) is 12.6. The maximum atomic E-state index is 10.7. The van der Waals surface area contributed by atoms with Gasteiger partial charge in [0.25, 0.3) is 0 Å². The number of halogens is 1. The number of nitrogens with zero attached hydrogens (tertiary/aromatic N) is 2. The molecule has 0 fully saturated rings. The largest absolute Gasteiger partial charge is 0.343 e. The SMILES string of the molecule is CN(c1cccc(C#N)c1)c1ccc(C=O)cc1Cl. The molecule has 0 radical (unpaired) electrons. The molecule has 0 unspecified atom stereocenters. The molecule has 0 saturated carbocycles. The standard InChI is InChI=1S/C15H11ClN2O/c1-18(13-4-2-3-11(7-13)9-17)15-6-5-12(10-19)8-14(15)16/h2-8,10H,1H3. The Hall–Kier alpha value is -2.31. The van der Waals surface area contributed by atoms with Crippen molar-refractivity contribution in [1.29, 1.82) is 5.26 Å². The zero-order valence-electron chi connectivity index (χ0n) is 10.3. The lowest BCUT2D eigenvalue weighted by atomic mass is 10.1. The molecule has 2 rings (SSSR count). The summed E-state index contributed by atoms with van der Waals surface area (Å²) in [5.41, 5.74) is 2.76. The summed E-state index contributed by atoms with van der Waals surface area (Å²) in [5, 5.41) is 9.40. The Kier molecular flexibility index (Phi) is 3.84. The highest BCUT2D eigenvalue weighted by Crippen LogP contribution is 2.31. The molecule has 2 aromatic carbocycles. The summed E-state index contributed by atoms with van der Waals surface area (Å²) in [6.07, 6.45) is 0.756. The molecule has 0 saturated heterocycles. The fourth-order valence-corrected chi connectivity index (χ4v) is 2.11. The molecule has 0 aromatic heterocycles. The fourth-order valence-electron chi connectivity index (χ4n) is 1.79. The number of carbonyl (C=O) groups excluding carboxylic acids is 1. The Labute approximate surface area is 116 Å². The maximum Gasteiger partial charge on any atom is 0.150 e. The molecule has 19 heavy (non-hydrogen) atoms. The third-order valence-electron chi connectivity index (χ3n) is 2.83. The number of hydrogen-bond donors (Lipinski definition) is 0. The number of hydrogen-bond acceptors (Lipinski definition) is 3. The number of rotatable bonds is 3. The van der Waals surface area contributed by atoms with Crippen LogP contribution in [0.1, 0.15) is 15.9 Å². The summed E-state index contributed by atoms with van der Waals surface area (Å²) < 4.78 is 0. The van der Waals surface area contributed by atoms with Gasteiger partial charge in [0.15, 0.2) is 0 Å². The van der Waals surface area contributed by atoms with Crippen LogP contribution in [0.4, 0.5) is 11.4 Å². The minimum Gasteiger partial charge on any atom is -0.343 e. The average molecular weight is 271 g/mol. The van der Waals surface area contributed by atoms with Crippen molar-refractivity contribution >= 4 is 29.3 Å². The quantitative estimate of drug-likeness (QED) is 0.797. The van der Waals surface area contributed by atoms with Crippen molar-refractivity contribution in [3.8, 4) is 6.07 Å². The second-order valence-corrected chi connectivity index (χ2v) is 4.46. The number of carbonyl (C=O) groups is 1. The first kappa shape index (κ1) is 13.1. The third kappa shape index (κ3) is 2.75. The zero-order chi connectivity index (χ0) is 13.8. The van der Waals surface area contributed by atoms with E-state index < -0.39 is 0 Å². The molecule has 0 amide bonds. The number of nitriles is 1. The molecule has 0 spiro atoms. The van der Waals surface area contributed by atoms with E-state index >= 15 is 0 Å². The van der Waals surface area contributed by atoms with Gasteiger partial charge in [0.05, 0.1) is 22.3 Å².